The third kappa shape index (κ3) is 2.54. The molecule has 0 amide bonds. The molecule has 0 radical (unpaired) electrons. The molecule has 2 aromatic heterocycles. The number of ether oxygens (including phenoxy) is 1. The molecule has 0 unspecified atom stereocenters. The molecule has 1 N–H and O–H groups in total. The van der Waals surface area contributed by atoms with Crippen LogP contribution in [0.1, 0.15) is 57.1 Å². The zero-order valence-electron chi connectivity index (χ0n) is 17.4. The molecule has 0 fully saturated rings. The average Bonchev–Trinajstić information content (AvgIpc) is 3.12. The number of alkyl halides is 1. The van der Waals surface area contributed by atoms with E-state index >= 15 is 0 Å². The van der Waals surface area contributed by atoms with Crippen molar-refractivity contribution in [1.29, 1.82) is 0 Å². The SMILES string of the molecule is CC[C@@]1(O)COCc2c1cc1n(c2=O)Cc2c-1nc1cc(F)c(C)c3c1c2[C@@H](I)CC3. The van der Waals surface area contributed by atoms with Crippen molar-refractivity contribution in [1.82, 2.24) is 9.55 Å². The van der Waals surface area contributed by atoms with Gasteiger partial charge in [-0.05, 0) is 54.5 Å². The molecule has 6 rings (SSSR count). The molecule has 1 aromatic carbocycles. The lowest BCUT2D eigenvalue weighted by Crippen LogP contribution is -2.40. The molecule has 160 valence electrons. The summed E-state index contributed by atoms with van der Waals surface area (Å²) >= 11 is 2.47. The quantitative estimate of drug-likeness (QED) is 0.291. The fourth-order valence-corrected chi connectivity index (χ4v) is 6.53. The van der Waals surface area contributed by atoms with Crippen molar-refractivity contribution in [3.05, 3.63) is 61.7 Å². The van der Waals surface area contributed by atoms with Crippen LogP contribution in [0.25, 0.3) is 22.3 Å². The maximum Gasteiger partial charge on any atom is 0.257 e. The zero-order valence-corrected chi connectivity index (χ0v) is 19.5. The third-order valence-electron chi connectivity index (χ3n) is 7.34. The van der Waals surface area contributed by atoms with Gasteiger partial charge in [-0.3, -0.25) is 4.79 Å². The Labute approximate surface area is 192 Å². The van der Waals surface area contributed by atoms with Crippen molar-refractivity contribution in [3.8, 4) is 11.4 Å². The highest BCUT2D eigenvalue weighted by atomic mass is 127. The molecule has 0 spiro atoms. The number of hydrogen-bond acceptors (Lipinski definition) is 4. The Morgan fingerprint density at radius 3 is 2.94 bits per heavy atom. The van der Waals surface area contributed by atoms with E-state index in [2.05, 4.69) is 22.6 Å². The Morgan fingerprint density at radius 1 is 1.35 bits per heavy atom. The van der Waals surface area contributed by atoms with Gasteiger partial charge < -0.3 is 14.4 Å². The van der Waals surface area contributed by atoms with Crippen molar-refractivity contribution < 1.29 is 14.2 Å². The molecule has 0 saturated heterocycles. The minimum atomic E-state index is -1.18. The second-order valence-electron chi connectivity index (χ2n) is 8.91. The Kier molecular flexibility index (Phi) is 4.21. The van der Waals surface area contributed by atoms with Gasteiger partial charge >= 0.3 is 0 Å². The summed E-state index contributed by atoms with van der Waals surface area (Å²) in [7, 11) is 0. The van der Waals surface area contributed by atoms with E-state index in [-0.39, 0.29) is 28.5 Å². The first-order chi connectivity index (χ1) is 14.8. The van der Waals surface area contributed by atoms with Gasteiger partial charge in [-0.15, -0.1) is 0 Å². The predicted octanol–water partition coefficient (Wildman–Crippen LogP) is 4.42. The van der Waals surface area contributed by atoms with Gasteiger partial charge in [-0.2, -0.15) is 0 Å². The van der Waals surface area contributed by atoms with Gasteiger partial charge in [0.2, 0.25) is 0 Å². The van der Waals surface area contributed by atoms with Crippen LogP contribution in [-0.4, -0.2) is 21.3 Å². The molecule has 1 aliphatic carbocycles. The average molecular weight is 532 g/mol. The molecule has 2 aliphatic heterocycles. The normalized spacial score (nSPS) is 23.6. The van der Waals surface area contributed by atoms with Gasteiger partial charge in [0.15, 0.2) is 0 Å². The molecule has 4 heterocycles. The molecule has 3 aromatic rings. The highest BCUT2D eigenvalue weighted by Gasteiger charge is 2.39. The number of aryl methyl sites for hydroxylation is 1. The highest BCUT2D eigenvalue weighted by molar-refractivity contribution is 14.1. The lowest BCUT2D eigenvalue weighted by atomic mass is 9.84. The number of aromatic nitrogens is 2. The molecular formula is C24H22FIN2O3. The van der Waals surface area contributed by atoms with Crippen LogP contribution in [0.15, 0.2) is 16.9 Å². The monoisotopic (exact) mass is 532 g/mol. The van der Waals surface area contributed by atoms with Gasteiger partial charge in [0, 0.05) is 26.5 Å². The van der Waals surface area contributed by atoms with Crippen molar-refractivity contribution in [2.24, 2.45) is 0 Å². The van der Waals surface area contributed by atoms with Gasteiger partial charge in [-0.25, -0.2) is 9.37 Å². The van der Waals surface area contributed by atoms with Crippen LogP contribution in [0.3, 0.4) is 0 Å². The topological polar surface area (TPSA) is 64.3 Å². The minimum Gasteiger partial charge on any atom is -0.383 e. The van der Waals surface area contributed by atoms with Crippen LogP contribution in [0.4, 0.5) is 4.39 Å². The van der Waals surface area contributed by atoms with Gasteiger partial charge in [0.05, 0.1) is 36.7 Å². The summed E-state index contributed by atoms with van der Waals surface area (Å²) < 4.78 is 22.3. The molecule has 3 aliphatic rings. The van der Waals surface area contributed by atoms with Crippen LogP contribution in [-0.2, 0) is 29.9 Å². The lowest BCUT2D eigenvalue weighted by molar-refractivity contribution is -0.0757. The molecule has 0 bridgehead atoms. The first-order valence-electron chi connectivity index (χ1n) is 10.7. The summed E-state index contributed by atoms with van der Waals surface area (Å²) in [6.45, 7) is 4.56. The summed E-state index contributed by atoms with van der Waals surface area (Å²) in [6.07, 6.45) is 2.23. The third-order valence-corrected chi connectivity index (χ3v) is 8.58. The van der Waals surface area contributed by atoms with Crippen LogP contribution >= 0.6 is 22.6 Å². The summed E-state index contributed by atoms with van der Waals surface area (Å²) in [5.74, 6) is -0.230. The molecule has 5 nitrogen and oxygen atoms in total. The summed E-state index contributed by atoms with van der Waals surface area (Å²) in [5, 5.41) is 12.2. The standard InChI is InChI=1S/C24H22FIN2O3/c1-3-24(30)10-31-9-14-15(24)6-19-22-13(8-28(19)23(14)29)20-17(26)5-4-12-11(2)16(25)7-18(27-22)21(12)20/h6-7,17,30H,3-5,8-10H2,1-2H3/t17-,24+/m0/s1. The van der Waals surface area contributed by atoms with E-state index in [0.717, 1.165) is 35.0 Å². The van der Waals surface area contributed by atoms with E-state index in [9.17, 15) is 14.3 Å². The fraction of sp³-hybridized carbons (Fsp3) is 0.417. The summed E-state index contributed by atoms with van der Waals surface area (Å²) in [6, 6.07) is 3.44. The molecular weight excluding hydrogens is 510 g/mol. The smallest absolute Gasteiger partial charge is 0.257 e. The number of nitrogens with zero attached hydrogens (tertiary/aromatic N) is 2. The Hall–Kier alpha value is -1.84. The predicted molar refractivity (Wildman–Crippen MR) is 124 cm³/mol. The van der Waals surface area contributed by atoms with Gasteiger partial charge in [-0.1, -0.05) is 29.5 Å². The number of benzene rings is 1. The number of fused-ring (bicyclic) bond motifs is 5. The number of halogens is 2. The van der Waals surface area contributed by atoms with E-state index in [0.29, 0.717) is 40.9 Å². The van der Waals surface area contributed by atoms with Crippen molar-refractivity contribution in [3.63, 3.8) is 0 Å². The van der Waals surface area contributed by atoms with E-state index in [4.69, 9.17) is 9.72 Å². The summed E-state index contributed by atoms with van der Waals surface area (Å²) in [4.78, 5) is 18.3. The first kappa shape index (κ1) is 19.8. The van der Waals surface area contributed by atoms with Gasteiger partial charge in [0.25, 0.3) is 5.56 Å². The highest BCUT2D eigenvalue weighted by Crippen LogP contribution is 2.48. The van der Waals surface area contributed by atoms with Crippen molar-refractivity contribution in [2.45, 2.75) is 55.8 Å². The van der Waals surface area contributed by atoms with E-state index in [1.165, 1.54) is 11.6 Å². The van der Waals surface area contributed by atoms with E-state index < -0.39 is 5.60 Å². The second kappa shape index (κ2) is 6.59. The minimum absolute atomic E-state index is 0.128. The first-order valence-corrected chi connectivity index (χ1v) is 11.9. The number of rotatable bonds is 1. The zero-order chi connectivity index (χ0) is 21.7. The van der Waals surface area contributed by atoms with E-state index in [1.54, 1.807) is 4.57 Å². The number of pyridine rings is 2. The summed E-state index contributed by atoms with van der Waals surface area (Å²) in [5.41, 5.74) is 5.95. The molecule has 7 heteroatoms. The van der Waals surface area contributed by atoms with Gasteiger partial charge in [0.1, 0.15) is 11.4 Å². The fourth-order valence-electron chi connectivity index (χ4n) is 5.53. The van der Waals surface area contributed by atoms with Crippen molar-refractivity contribution >= 4 is 33.5 Å². The Bertz CT molecular complexity index is 1370. The van der Waals surface area contributed by atoms with Crippen molar-refractivity contribution in [2.75, 3.05) is 6.61 Å². The van der Waals surface area contributed by atoms with Crippen LogP contribution in [0.5, 0.6) is 0 Å². The van der Waals surface area contributed by atoms with Crippen LogP contribution < -0.4 is 5.56 Å². The largest absolute Gasteiger partial charge is 0.383 e. The van der Waals surface area contributed by atoms with Crippen LogP contribution in [0.2, 0.25) is 0 Å². The Morgan fingerprint density at radius 2 is 2.16 bits per heavy atom. The lowest BCUT2D eigenvalue weighted by Gasteiger charge is -2.33. The van der Waals surface area contributed by atoms with Crippen LogP contribution in [0, 0.1) is 12.7 Å². The maximum absolute atomic E-state index is 14.7. The molecule has 0 saturated carbocycles. The maximum atomic E-state index is 14.7. The van der Waals surface area contributed by atoms with E-state index in [1.807, 2.05) is 19.9 Å². The number of aliphatic hydroxyl groups is 1. The Balaban J connectivity index is 1.70. The molecule has 31 heavy (non-hydrogen) atoms. The second-order valence-corrected chi connectivity index (χ2v) is 10.4. The molecule has 2 atom stereocenters. The number of hydrogen-bond donors (Lipinski definition) is 1.